The van der Waals surface area contributed by atoms with E-state index in [9.17, 15) is 4.79 Å². The van der Waals surface area contributed by atoms with E-state index in [-0.39, 0.29) is 11.9 Å². The third-order valence-corrected chi connectivity index (χ3v) is 4.65. The first-order valence-corrected chi connectivity index (χ1v) is 7.79. The number of carbonyl (C=O) groups excluding carboxylic acids is 1. The maximum absolute atomic E-state index is 12.6. The summed E-state index contributed by atoms with van der Waals surface area (Å²) in [4.78, 5) is 18.8. The van der Waals surface area contributed by atoms with Crippen molar-refractivity contribution in [3.05, 3.63) is 30.5 Å². The normalized spacial score (nSPS) is 24.3. The van der Waals surface area contributed by atoms with Crippen molar-refractivity contribution in [1.29, 1.82) is 0 Å². The van der Waals surface area contributed by atoms with Gasteiger partial charge >= 0.3 is 0 Å². The van der Waals surface area contributed by atoms with Gasteiger partial charge in [-0.3, -0.25) is 10.1 Å². The van der Waals surface area contributed by atoms with Crippen molar-refractivity contribution in [3.8, 4) is 0 Å². The quantitative estimate of drug-likeness (QED) is 0.782. The second-order valence-corrected chi connectivity index (χ2v) is 5.95. The summed E-state index contributed by atoms with van der Waals surface area (Å²) in [6.45, 7) is 4.23. The van der Waals surface area contributed by atoms with Crippen molar-refractivity contribution in [2.75, 3.05) is 54.6 Å². The lowest BCUT2D eigenvalue weighted by molar-refractivity contribution is -0.120. The van der Waals surface area contributed by atoms with Crippen LogP contribution in [0.4, 0.5) is 17.1 Å². The molecule has 1 atom stereocenters. The number of hydrogen-bond acceptors (Lipinski definition) is 5. The van der Waals surface area contributed by atoms with Crippen LogP contribution in [0.1, 0.15) is 0 Å². The summed E-state index contributed by atoms with van der Waals surface area (Å²) in [5, 5.41) is 6.63. The molecule has 0 spiro atoms. The Labute approximate surface area is 130 Å². The van der Waals surface area contributed by atoms with E-state index in [2.05, 4.69) is 50.9 Å². The number of piperazine rings is 1. The maximum Gasteiger partial charge on any atom is 0.250 e. The van der Waals surface area contributed by atoms with E-state index in [1.807, 2.05) is 7.05 Å². The highest BCUT2D eigenvalue weighted by atomic mass is 16.2. The third-order valence-electron chi connectivity index (χ3n) is 4.65. The summed E-state index contributed by atoms with van der Waals surface area (Å²) in [6.07, 6.45) is 4.20. The Morgan fingerprint density at radius 1 is 1.23 bits per heavy atom. The van der Waals surface area contributed by atoms with Crippen LogP contribution in [0.3, 0.4) is 0 Å². The monoisotopic (exact) mass is 299 g/mol. The summed E-state index contributed by atoms with van der Waals surface area (Å²) < 4.78 is 0. The van der Waals surface area contributed by atoms with E-state index in [0.717, 1.165) is 49.9 Å². The Morgan fingerprint density at radius 2 is 2.14 bits per heavy atom. The molecule has 2 N–H and O–H groups in total. The smallest absolute Gasteiger partial charge is 0.250 e. The number of carbonyl (C=O) groups is 1. The fourth-order valence-electron chi connectivity index (χ4n) is 3.44. The SMILES string of the molecule is CN1C(=O)[C@H]2CNCCN2c2ccc(N3C=CCNC3)cc21. The van der Waals surface area contributed by atoms with Crippen LogP contribution < -0.4 is 25.3 Å². The Morgan fingerprint density at radius 3 is 2.95 bits per heavy atom. The molecule has 0 aromatic heterocycles. The van der Waals surface area contributed by atoms with Crippen molar-refractivity contribution in [3.63, 3.8) is 0 Å². The first kappa shape index (κ1) is 13.6. The van der Waals surface area contributed by atoms with E-state index in [1.165, 1.54) is 0 Å². The van der Waals surface area contributed by atoms with Gasteiger partial charge in [0.1, 0.15) is 6.04 Å². The number of anilines is 3. The molecular formula is C16H21N5O. The molecule has 6 heteroatoms. The average Bonchev–Trinajstić information content (AvgIpc) is 2.60. The molecule has 0 saturated carbocycles. The van der Waals surface area contributed by atoms with Gasteiger partial charge in [0, 0.05) is 45.1 Å². The molecule has 6 nitrogen and oxygen atoms in total. The Kier molecular flexibility index (Phi) is 3.28. The lowest BCUT2D eigenvalue weighted by Crippen LogP contribution is -2.61. The summed E-state index contributed by atoms with van der Waals surface area (Å²) >= 11 is 0. The molecule has 1 fully saturated rings. The van der Waals surface area contributed by atoms with Crippen LogP contribution >= 0.6 is 0 Å². The summed E-state index contributed by atoms with van der Waals surface area (Å²) in [5.74, 6) is 0.171. The largest absolute Gasteiger partial charge is 0.355 e. The predicted octanol–water partition coefficient (Wildman–Crippen LogP) is 0.322. The van der Waals surface area contributed by atoms with Gasteiger partial charge in [0.25, 0.3) is 5.91 Å². The molecule has 0 bridgehead atoms. The van der Waals surface area contributed by atoms with Crippen LogP contribution in [0.15, 0.2) is 30.5 Å². The number of likely N-dealkylation sites (N-methyl/N-ethyl adjacent to an activating group) is 1. The van der Waals surface area contributed by atoms with E-state index in [4.69, 9.17) is 0 Å². The standard InChI is InChI=1S/C16H21N5O/c1-19-14-9-12(20-7-2-5-18-11-20)3-4-13(14)21-8-6-17-10-15(21)16(19)22/h2-4,7,9,15,17-18H,5-6,8,10-11H2,1H3/t15-/m1/s1. The number of nitrogens with one attached hydrogen (secondary N) is 2. The van der Waals surface area contributed by atoms with Gasteiger partial charge in [-0.2, -0.15) is 0 Å². The van der Waals surface area contributed by atoms with Crippen molar-refractivity contribution in [2.24, 2.45) is 0 Å². The molecule has 22 heavy (non-hydrogen) atoms. The zero-order valence-electron chi connectivity index (χ0n) is 12.7. The van der Waals surface area contributed by atoms with Crippen LogP contribution in [-0.2, 0) is 4.79 Å². The molecule has 3 aliphatic heterocycles. The molecule has 1 saturated heterocycles. The fraction of sp³-hybridized carbons (Fsp3) is 0.438. The first-order chi connectivity index (χ1) is 10.8. The summed E-state index contributed by atoms with van der Waals surface area (Å²) in [5.41, 5.74) is 3.27. The van der Waals surface area contributed by atoms with Gasteiger partial charge in [0.05, 0.1) is 18.0 Å². The van der Waals surface area contributed by atoms with Crippen molar-refractivity contribution in [1.82, 2.24) is 10.6 Å². The Bertz CT molecular complexity index is 629. The van der Waals surface area contributed by atoms with Crippen molar-refractivity contribution in [2.45, 2.75) is 6.04 Å². The topological polar surface area (TPSA) is 50.9 Å². The molecule has 116 valence electrons. The highest BCUT2D eigenvalue weighted by Gasteiger charge is 2.37. The minimum Gasteiger partial charge on any atom is -0.355 e. The van der Waals surface area contributed by atoms with E-state index in [1.54, 1.807) is 4.90 Å². The highest BCUT2D eigenvalue weighted by Crippen LogP contribution is 2.38. The van der Waals surface area contributed by atoms with Crippen LogP contribution in [-0.4, -0.2) is 51.8 Å². The maximum atomic E-state index is 12.6. The molecule has 0 radical (unpaired) electrons. The molecule has 1 aromatic carbocycles. The molecule has 0 unspecified atom stereocenters. The molecule has 3 aliphatic rings. The van der Waals surface area contributed by atoms with Gasteiger partial charge in [-0.25, -0.2) is 0 Å². The van der Waals surface area contributed by atoms with Gasteiger partial charge in [-0.05, 0) is 18.2 Å². The van der Waals surface area contributed by atoms with E-state index >= 15 is 0 Å². The highest BCUT2D eigenvalue weighted by molar-refractivity contribution is 6.06. The molecule has 0 aliphatic carbocycles. The van der Waals surface area contributed by atoms with Crippen molar-refractivity contribution < 1.29 is 4.79 Å². The number of amides is 1. The van der Waals surface area contributed by atoms with Crippen LogP contribution in [0, 0.1) is 0 Å². The zero-order chi connectivity index (χ0) is 15.1. The number of benzene rings is 1. The molecule has 1 aromatic rings. The fourth-order valence-corrected chi connectivity index (χ4v) is 3.44. The lowest BCUT2D eigenvalue weighted by Gasteiger charge is -2.44. The second-order valence-electron chi connectivity index (χ2n) is 5.95. The van der Waals surface area contributed by atoms with Gasteiger partial charge < -0.3 is 20.0 Å². The van der Waals surface area contributed by atoms with Crippen molar-refractivity contribution >= 4 is 23.0 Å². The van der Waals surface area contributed by atoms with Crippen LogP contribution in [0.25, 0.3) is 0 Å². The minimum atomic E-state index is -0.0753. The van der Waals surface area contributed by atoms with E-state index in [0.29, 0.717) is 0 Å². The van der Waals surface area contributed by atoms with Crippen LogP contribution in [0.2, 0.25) is 0 Å². The third kappa shape index (κ3) is 2.07. The number of nitrogens with zero attached hydrogens (tertiary/aromatic N) is 3. The van der Waals surface area contributed by atoms with Gasteiger partial charge in [0.2, 0.25) is 0 Å². The van der Waals surface area contributed by atoms with E-state index < -0.39 is 0 Å². The van der Waals surface area contributed by atoms with Gasteiger partial charge in [0.15, 0.2) is 0 Å². The average molecular weight is 299 g/mol. The lowest BCUT2D eigenvalue weighted by atomic mass is 10.0. The van der Waals surface area contributed by atoms with Gasteiger partial charge in [-0.1, -0.05) is 6.08 Å². The number of fused-ring (bicyclic) bond motifs is 3. The first-order valence-electron chi connectivity index (χ1n) is 7.79. The summed E-state index contributed by atoms with van der Waals surface area (Å²) in [7, 11) is 1.88. The predicted molar refractivity (Wildman–Crippen MR) is 88.3 cm³/mol. The molecule has 4 rings (SSSR count). The number of hydrogen-bond donors (Lipinski definition) is 2. The summed E-state index contributed by atoms with van der Waals surface area (Å²) in [6, 6.07) is 6.32. The van der Waals surface area contributed by atoms with Gasteiger partial charge in [-0.15, -0.1) is 0 Å². The van der Waals surface area contributed by atoms with Crippen LogP contribution in [0.5, 0.6) is 0 Å². The molecule has 1 amide bonds. The Hall–Kier alpha value is -2.05. The second kappa shape index (κ2) is 5.30. The minimum absolute atomic E-state index is 0.0753. The molecule has 3 heterocycles. The Balaban J connectivity index is 1.74. The number of rotatable bonds is 1. The molecular weight excluding hydrogens is 278 g/mol. The zero-order valence-corrected chi connectivity index (χ0v) is 12.7.